The van der Waals surface area contributed by atoms with E-state index >= 15 is 0 Å². The summed E-state index contributed by atoms with van der Waals surface area (Å²) in [7, 11) is 0. The number of benzene rings is 1. The summed E-state index contributed by atoms with van der Waals surface area (Å²) in [5.74, 6) is -0.474. The van der Waals surface area contributed by atoms with Crippen molar-refractivity contribution < 1.29 is 4.39 Å². The minimum atomic E-state index is -0.474. The van der Waals surface area contributed by atoms with Crippen molar-refractivity contribution in [2.45, 2.75) is 13.0 Å². The maximum absolute atomic E-state index is 12.7. The molecule has 0 aliphatic heterocycles. The Morgan fingerprint density at radius 3 is 2.61 bits per heavy atom. The van der Waals surface area contributed by atoms with Crippen LogP contribution < -0.4 is 5.32 Å². The molecule has 1 heterocycles. The normalized spacial score (nSPS) is 12.2. The van der Waals surface area contributed by atoms with Crippen LogP contribution in [0.2, 0.25) is 0 Å². The summed E-state index contributed by atoms with van der Waals surface area (Å²) >= 11 is 6.95. The molecule has 1 aromatic carbocycles. The summed E-state index contributed by atoms with van der Waals surface area (Å²) < 4.78 is 14.7. The van der Waals surface area contributed by atoms with E-state index in [1.165, 1.54) is 12.3 Å². The van der Waals surface area contributed by atoms with Crippen LogP contribution in [-0.2, 0) is 0 Å². The predicted octanol–water partition coefficient (Wildman–Crippen LogP) is 4.92. The zero-order valence-corrected chi connectivity index (χ0v) is 12.8. The minimum absolute atomic E-state index is 0.0970. The number of hydrogen-bond acceptors (Lipinski definition) is 2. The molecule has 2 rings (SSSR count). The van der Waals surface area contributed by atoms with E-state index in [4.69, 9.17) is 0 Å². The molecule has 0 amide bonds. The van der Waals surface area contributed by atoms with Gasteiger partial charge in [-0.15, -0.1) is 0 Å². The third kappa shape index (κ3) is 3.29. The van der Waals surface area contributed by atoms with Crippen molar-refractivity contribution in [3.05, 3.63) is 57.0 Å². The lowest BCUT2D eigenvalue weighted by molar-refractivity contribution is 0.584. The SMILES string of the molecule is CC(Nc1ccc(F)nc1)c1ccc(Br)cc1Br. The molecule has 0 spiro atoms. The topological polar surface area (TPSA) is 24.9 Å². The number of anilines is 1. The maximum Gasteiger partial charge on any atom is 0.212 e. The first-order valence-corrected chi connectivity index (χ1v) is 6.98. The molecule has 94 valence electrons. The summed E-state index contributed by atoms with van der Waals surface area (Å²) in [6.07, 6.45) is 1.48. The number of rotatable bonds is 3. The second kappa shape index (κ2) is 5.80. The zero-order valence-electron chi connectivity index (χ0n) is 9.62. The van der Waals surface area contributed by atoms with E-state index in [2.05, 4.69) is 42.2 Å². The minimum Gasteiger partial charge on any atom is -0.377 e. The van der Waals surface area contributed by atoms with Gasteiger partial charge in [-0.3, -0.25) is 0 Å². The predicted molar refractivity (Wildman–Crippen MR) is 78.1 cm³/mol. The van der Waals surface area contributed by atoms with Gasteiger partial charge < -0.3 is 5.32 Å². The fourth-order valence-corrected chi connectivity index (χ4v) is 3.03. The molecule has 0 aliphatic rings. The van der Waals surface area contributed by atoms with E-state index in [-0.39, 0.29) is 6.04 Å². The van der Waals surface area contributed by atoms with Gasteiger partial charge in [-0.1, -0.05) is 37.9 Å². The van der Waals surface area contributed by atoms with Crippen LogP contribution in [0.25, 0.3) is 0 Å². The number of nitrogens with one attached hydrogen (secondary N) is 1. The van der Waals surface area contributed by atoms with Crippen molar-refractivity contribution in [1.82, 2.24) is 4.98 Å². The van der Waals surface area contributed by atoms with Crippen molar-refractivity contribution in [2.24, 2.45) is 0 Å². The largest absolute Gasteiger partial charge is 0.377 e. The molecule has 2 nitrogen and oxygen atoms in total. The molecule has 1 unspecified atom stereocenters. The first-order valence-electron chi connectivity index (χ1n) is 5.39. The third-order valence-corrected chi connectivity index (χ3v) is 3.72. The number of nitrogens with zero attached hydrogens (tertiary/aromatic N) is 1. The quantitative estimate of drug-likeness (QED) is 0.772. The van der Waals surface area contributed by atoms with Crippen LogP contribution in [0.4, 0.5) is 10.1 Å². The molecule has 0 saturated heterocycles. The summed E-state index contributed by atoms with van der Waals surface area (Å²) in [5, 5.41) is 3.27. The van der Waals surface area contributed by atoms with Gasteiger partial charge in [0.25, 0.3) is 0 Å². The Labute approximate surface area is 122 Å². The summed E-state index contributed by atoms with van der Waals surface area (Å²) in [6, 6.07) is 9.12. The van der Waals surface area contributed by atoms with Crippen molar-refractivity contribution in [1.29, 1.82) is 0 Å². The Morgan fingerprint density at radius 1 is 1.22 bits per heavy atom. The summed E-state index contributed by atoms with van der Waals surface area (Å²) in [4.78, 5) is 3.61. The third-order valence-electron chi connectivity index (χ3n) is 2.54. The first-order chi connectivity index (χ1) is 8.56. The van der Waals surface area contributed by atoms with E-state index in [1.54, 1.807) is 6.07 Å². The van der Waals surface area contributed by atoms with Gasteiger partial charge in [0.1, 0.15) is 0 Å². The average Bonchev–Trinajstić information content (AvgIpc) is 2.32. The molecule has 5 heteroatoms. The van der Waals surface area contributed by atoms with Gasteiger partial charge >= 0.3 is 0 Å². The van der Waals surface area contributed by atoms with Crippen LogP contribution in [0.15, 0.2) is 45.5 Å². The molecule has 0 bridgehead atoms. The van der Waals surface area contributed by atoms with Gasteiger partial charge in [-0.25, -0.2) is 4.98 Å². The van der Waals surface area contributed by atoms with Gasteiger partial charge in [-0.2, -0.15) is 4.39 Å². The molecular weight excluding hydrogens is 363 g/mol. The van der Waals surface area contributed by atoms with Crippen LogP contribution in [0, 0.1) is 5.95 Å². The molecule has 0 radical (unpaired) electrons. The van der Waals surface area contributed by atoms with Gasteiger partial charge in [0, 0.05) is 15.0 Å². The highest BCUT2D eigenvalue weighted by Gasteiger charge is 2.09. The lowest BCUT2D eigenvalue weighted by atomic mass is 10.1. The Balaban J connectivity index is 2.16. The van der Waals surface area contributed by atoms with Crippen molar-refractivity contribution >= 4 is 37.5 Å². The summed E-state index contributed by atoms with van der Waals surface area (Å²) in [5.41, 5.74) is 1.92. The Hall–Kier alpha value is -0.940. The Kier molecular flexibility index (Phi) is 4.35. The highest BCUT2D eigenvalue weighted by atomic mass is 79.9. The number of aromatic nitrogens is 1. The second-order valence-electron chi connectivity index (χ2n) is 3.90. The van der Waals surface area contributed by atoms with Gasteiger partial charge in [0.15, 0.2) is 0 Å². The molecule has 0 fully saturated rings. The van der Waals surface area contributed by atoms with Crippen molar-refractivity contribution in [2.75, 3.05) is 5.32 Å². The molecule has 0 aliphatic carbocycles. The number of pyridine rings is 1. The van der Waals surface area contributed by atoms with E-state index in [1.807, 2.05) is 25.1 Å². The Bertz CT molecular complexity index is 543. The second-order valence-corrected chi connectivity index (χ2v) is 5.67. The van der Waals surface area contributed by atoms with Gasteiger partial charge in [-0.05, 0) is 36.8 Å². The molecule has 2 aromatic rings. The lowest BCUT2D eigenvalue weighted by Gasteiger charge is -2.17. The molecule has 18 heavy (non-hydrogen) atoms. The van der Waals surface area contributed by atoms with E-state index < -0.39 is 5.95 Å². The summed E-state index contributed by atoms with van der Waals surface area (Å²) in [6.45, 7) is 2.04. The number of halogens is 3. The molecule has 1 aromatic heterocycles. The average molecular weight is 374 g/mol. The fourth-order valence-electron chi connectivity index (χ4n) is 1.64. The highest BCUT2D eigenvalue weighted by Crippen LogP contribution is 2.28. The monoisotopic (exact) mass is 372 g/mol. The van der Waals surface area contributed by atoms with E-state index in [0.29, 0.717) is 0 Å². The smallest absolute Gasteiger partial charge is 0.212 e. The first kappa shape index (κ1) is 13.5. The van der Waals surface area contributed by atoms with Crippen LogP contribution >= 0.6 is 31.9 Å². The standard InChI is InChI=1S/C13H11Br2FN2/c1-8(11-4-2-9(14)6-12(11)15)18-10-3-5-13(16)17-7-10/h2-8,18H,1H3. The van der Waals surface area contributed by atoms with Crippen LogP contribution in [-0.4, -0.2) is 4.98 Å². The molecule has 1 N–H and O–H groups in total. The van der Waals surface area contributed by atoms with Crippen LogP contribution in [0.3, 0.4) is 0 Å². The maximum atomic E-state index is 12.7. The Morgan fingerprint density at radius 2 is 2.00 bits per heavy atom. The van der Waals surface area contributed by atoms with Crippen molar-refractivity contribution in [3.8, 4) is 0 Å². The number of hydrogen-bond donors (Lipinski definition) is 1. The highest BCUT2D eigenvalue weighted by molar-refractivity contribution is 9.11. The lowest BCUT2D eigenvalue weighted by Crippen LogP contribution is -2.07. The molecular formula is C13H11Br2FN2. The van der Waals surface area contributed by atoms with E-state index in [0.717, 1.165) is 20.2 Å². The van der Waals surface area contributed by atoms with E-state index in [9.17, 15) is 4.39 Å². The van der Waals surface area contributed by atoms with Crippen LogP contribution in [0.5, 0.6) is 0 Å². The van der Waals surface area contributed by atoms with Crippen LogP contribution in [0.1, 0.15) is 18.5 Å². The molecule has 1 atom stereocenters. The fraction of sp³-hybridized carbons (Fsp3) is 0.154. The zero-order chi connectivity index (χ0) is 13.1. The van der Waals surface area contributed by atoms with Gasteiger partial charge in [0.2, 0.25) is 5.95 Å². The molecule has 0 saturated carbocycles. The van der Waals surface area contributed by atoms with Crippen molar-refractivity contribution in [3.63, 3.8) is 0 Å². The van der Waals surface area contributed by atoms with Gasteiger partial charge in [0.05, 0.1) is 11.9 Å².